The van der Waals surface area contributed by atoms with E-state index in [2.05, 4.69) is 0 Å². The molecule has 0 aliphatic rings. The van der Waals surface area contributed by atoms with Crippen LogP contribution in [0.2, 0.25) is 0 Å². The van der Waals surface area contributed by atoms with E-state index < -0.39 is 41.8 Å². The first-order valence-corrected chi connectivity index (χ1v) is 4.66. The Hall–Kier alpha value is -1.31. The predicted molar refractivity (Wildman–Crippen MR) is 49.3 cm³/mol. The first kappa shape index (κ1) is 14.7. The van der Waals surface area contributed by atoms with Gasteiger partial charge in [0.05, 0.1) is 17.2 Å². The van der Waals surface area contributed by atoms with Gasteiger partial charge in [-0.15, -0.1) is 0 Å². The van der Waals surface area contributed by atoms with E-state index >= 15 is 0 Å². The molecule has 0 amide bonds. The van der Waals surface area contributed by atoms with Crippen LogP contribution < -0.4 is 5.73 Å². The molecule has 1 atom stereocenters. The summed E-state index contributed by atoms with van der Waals surface area (Å²) in [5.74, 6) is 0. The molecule has 1 aromatic carbocycles. The van der Waals surface area contributed by atoms with Gasteiger partial charge in [-0.25, -0.2) is 4.39 Å². The molecule has 0 aliphatic carbocycles. The summed E-state index contributed by atoms with van der Waals surface area (Å²) in [4.78, 5) is 0. The van der Waals surface area contributed by atoms with Crippen molar-refractivity contribution in [2.45, 2.75) is 18.4 Å². The normalized spacial score (nSPS) is 14.7. The van der Waals surface area contributed by atoms with Crippen molar-refractivity contribution in [2.24, 2.45) is 5.73 Å². The van der Waals surface area contributed by atoms with E-state index in [9.17, 15) is 30.7 Å². The molecule has 1 aromatic rings. The Morgan fingerprint density at radius 1 is 0.889 bits per heavy atom. The Labute approximate surface area is 97.4 Å². The number of hydrogen-bond acceptors (Lipinski definition) is 1. The van der Waals surface area contributed by atoms with Crippen molar-refractivity contribution >= 4 is 0 Å². The summed E-state index contributed by atoms with van der Waals surface area (Å²) in [7, 11) is 0. The summed E-state index contributed by atoms with van der Waals surface area (Å²) in [6.07, 6.45) is -9.90. The van der Waals surface area contributed by atoms with Gasteiger partial charge in [-0.3, -0.25) is 0 Å². The van der Waals surface area contributed by atoms with Crippen LogP contribution in [0.15, 0.2) is 18.2 Å². The first-order chi connectivity index (χ1) is 8.05. The predicted octanol–water partition coefficient (Wildman–Crippen LogP) is 3.69. The highest BCUT2D eigenvalue weighted by Gasteiger charge is 2.37. The Balaban J connectivity index is 3.39. The summed E-state index contributed by atoms with van der Waals surface area (Å²) in [6, 6.07) is -0.721. The van der Waals surface area contributed by atoms with Crippen LogP contribution in [-0.4, -0.2) is 6.67 Å². The van der Waals surface area contributed by atoms with Gasteiger partial charge in [-0.1, -0.05) is 0 Å². The lowest BCUT2D eigenvalue weighted by molar-refractivity contribution is -0.143. The van der Waals surface area contributed by atoms with E-state index in [1.165, 1.54) is 0 Å². The van der Waals surface area contributed by atoms with Gasteiger partial charge in [0.25, 0.3) is 0 Å². The average molecular weight is 275 g/mol. The summed E-state index contributed by atoms with van der Waals surface area (Å²) in [6.45, 7) is -1.25. The maximum Gasteiger partial charge on any atom is 0.416 e. The van der Waals surface area contributed by atoms with Crippen LogP contribution in [-0.2, 0) is 12.4 Å². The van der Waals surface area contributed by atoms with Gasteiger partial charge in [0.15, 0.2) is 0 Å². The maximum atomic E-state index is 12.4. The number of hydrogen-bond donors (Lipinski definition) is 1. The van der Waals surface area contributed by atoms with Gasteiger partial charge in [-0.2, -0.15) is 26.3 Å². The zero-order valence-corrected chi connectivity index (χ0v) is 8.74. The average Bonchev–Trinajstić information content (AvgIpc) is 2.25. The molecule has 1 rings (SSSR count). The fourth-order valence-electron chi connectivity index (χ4n) is 1.28. The summed E-state index contributed by atoms with van der Waals surface area (Å²) in [5, 5.41) is 0. The molecule has 0 heterocycles. The van der Waals surface area contributed by atoms with E-state index in [1.54, 1.807) is 0 Å². The van der Waals surface area contributed by atoms with Crippen LogP contribution in [0.25, 0.3) is 0 Å². The van der Waals surface area contributed by atoms with E-state index in [0.29, 0.717) is 12.1 Å². The first-order valence-electron chi connectivity index (χ1n) is 4.66. The van der Waals surface area contributed by atoms with Crippen molar-refractivity contribution in [3.63, 3.8) is 0 Å². The van der Waals surface area contributed by atoms with Crippen molar-refractivity contribution in [1.82, 2.24) is 0 Å². The van der Waals surface area contributed by atoms with Crippen LogP contribution in [0.1, 0.15) is 22.7 Å². The highest BCUT2D eigenvalue weighted by molar-refractivity contribution is 5.35. The zero-order valence-electron chi connectivity index (χ0n) is 8.74. The summed E-state index contributed by atoms with van der Waals surface area (Å²) >= 11 is 0. The van der Waals surface area contributed by atoms with Gasteiger partial charge < -0.3 is 5.73 Å². The molecule has 2 N–H and O–H groups in total. The minimum Gasteiger partial charge on any atom is -0.322 e. The SMILES string of the molecule is NC(CF)c1cc(C(F)(F)F)cc(C(F)(F)F)c1. The molecule has 0 aromatic heterocycles. The molecule has 8 heteroatoms. The van der Waals surface area contributed by atoms with E-state index in [-0.39, 0.29) is 6.07 Å². The Morgan fingerprint density at radius 3 is 1.56 bits per heavy atom. The fraction of sp³-hybridized carbons (Fsp3) is 0.400. The van der Waals surface area contributed by atoms with Crippen LogP contribution in [0.3, 0.4) is 0 Å². The second kappa shape index (κ2) is 4.75. The highest BCUT2D eigenvalue weighted by atomic mass is 19.4. The lowest BCUT2D eigenvalue weighted by Gasteiger charge is -2.16. The van der Waals surface area contributed by atoms with Crippen LogP contribution in [0.5, 0.6) is 0 Å². The third-order valence-electron chi connectivity index (χ3n) is 2.20. The van der Waals surface area contributed by atoms with Crippen molar-refractivity contribution < 1.29 is 30.7 Å². The summed E-state index contributed by atoms with van der Waals surface area (Å²) < 4.78 is 86.7. The van der Waals surface area contributed by atoms with Crippen molar-refractivity contribution in [3.8, 4) is 0 Å². The Bertz CT molecular complexity index is 389. The molecular formula is C10H8F7N. The lowest BCUT2D eigenvalue weighted by atomic mass is 10.0. The maximum absolute atomic E-state index is 12.4. The van der Waals surface area contributed by atoms with Crippen LogP contribution in [0.4, 0.5) is 30.7 Å². The second-order valence-electron chi connectivity index (χ2n) is 3.60. The van der Waals surface area contributed by atoms with E-state index in [0.717, 1.165) is 0 Å². The smallest absolute Gasteiger partial charge is 0.322 e. The molecule has 1 nitrogen and oxygen atoms in total. The van der Waals surface area contributed by atoms with Gasteiger partial charge in [0, 0.05) is 0 Å². The third-order valence-corrected chi connectivity index (χ3v) is 2.20. The molecule has 0 fully saturated rings. The minimum absolute atomic E-state index is 0.0333. The largest absolute Gasteiger partial charge is 0.416 e. The molecule has 0 spiro atoms. The molecule has 0 radical (unpaired) electrons. The Morgan fingerprint density at radius 2 is 1.28 bits per heavy atom. The summed E-state index contributed by atoms with van der Waals surface area (Å²) in [5.41, 5.74) is 1.56. The van der Waals surface area contributed by atoms with Crippen molar-refractivity contribution in [3.05, 3.63) is 34.9 Å². The molecule has 18 heavy (non-hydrogen) atoms. The number of nitrogens with two attached hydrogens (primary N) is 1. The van der Waals surface area contributed by atoms with E-state index in [1.807, 2.05) is 0 Å². The molecule has 0 aliphatic heterocycles. The van der Waals surface area contributed by atoms with Crippen LogP contribution in [0, 0.1) is 0 Å². The standard InChI is InChI=1S/C10H8F7N/c11-4-8(18)5-1-6(9(12,13)14)3-7(2-5)10(15,16)17/h1-3,8H,4,18H2. The lowest BCUT2D eigenvalue weighted by Crippen LogP contribution is -2.17. The monoisotopic (exact) mass is 275 g/mol. The van der Waals surface area contributed by atoms with Crippen molar-refractivity contribution in [2.75, 3.05) is 6.67 Å². The fourth-order valence-corrected chi connectivity index (χ4v) is 1.28. The highest BCUT2D eigenvalue weighted by Crippen LogP contribution is 2.37. The van der Waals surface area contributed by atoms with E-state index in [4.69, 9.17) is 5.73 Å². The molecule has 102 valence electrons. The number of rotatable bonds is 2. The van der Waals surface area contributed by atoms with Gasteiger partial charge in [-0.05, 0) is 23.8 Å². The van der Waals surface area contributed by atoms with Crippen LogP contribution >= 0.6 is 0 Å². The molecule has 1 unspecified atom stereocenters. The third kappa shape index (κ3) is 3.34. The molecule has 0 saturated carbocycles. The van der Waals surface area contributed by atoms with Gasteiger partial charge in [0.2, 0.25) is 0 Å². The Kier molecular flexibility index (Phi) is 3.89. The topological polar surface area (TPSA) is 26.0 Å². The van der Waals surface area contributed by atoms with Gasteiger partial charge >= 0.3 is 12.4 Å². The molecule has 0 saturated heterocycles. The van der Waals surface area contributed by atoms with Crippen molar-refractivity contribution in [1.29, 1.82) is 0 Å². The quantitative estimate of drug-likeness (QED) is 0.818. The molecule has 0 bridgehead atoms. The number of alkyl halides is 7. The van der Waals surface area contributed by atoms with Gasteiger partial charge in [0.1, 0.15) is 6.67 Å². The minimum atomic E-state index is -4.95. The zero-order chi connectivity index (χ0) is 14.1. The molecular weight excluding hydrogens is 267 g/mol. The number of halogens is 7. The second-order valence-corrected chi connectivity index (χ2v) is 3.60. The number of benzene rings is 1.